The van der Waals surface area contributed by atoms with E-state index in [-0.39, 0.29) is 6.10 Å². The number of morpholine rings is 1. The van der Waals surface area contributed by atoms with E-state index in [1.807, 2.05) is 0 Å². The van der Waals surface area contributed by atoms with Gasteiger partial charge in [-0.15, -0.1) is 22.7 Å². The Labute approximate surface area is 179 Å². The summed E-state index contributed by atoms with van der Waals surface area (Å²) >= 11 is 3.48. The fourth-order valence-electron chi connectivity index (χ4n) is 4.07. The van der Waals surface area contributed by atoms with Gasteiger partial charge in [-0.2, -0.15) is 0 Å². The van der Waals surface area contributed by atoms with Crippen LogP contribution in [0, 0.1) is 0 Å². The Balaban J connectivity index is 1.52. The molecular weight excluding hydrogens is 404 g/mol. The van der Waals surface area contributed by atoms with Gasteiger partial charge in [0.25, 0.3) is 0 Å². The van der Waals surface area contributed by atoms with E-state index in [1.54, 1.807) is 22.7 Å². The number of anilines is 1. The predicted octanol–water partition coefficient (Wildman–Crippen LogP) is 3.87. The van der Waals surface area contributed by atoms with Crippen LogP contribution in [0.3, 0.4) is 0 Å². The summed E-state index contributed by atoms with van der Waals surface area (Å²) in [6.45, 7) is 5.96. The van der Waals surface area contributed by atoms with Gasteiger partial charge in [0.05, 0.1) is 31.2 Å². The van der Waals surface area contributed by atoms with Gasteiger partial charge in [0.2, 0.25) is 0 Å². The number of thiophene rings is 2. The summed E-state index contributed by atoms with van der Waals surface area (Å²) in [5.74, 6) is 1.92. The number of hydrogen-bond acceptors (Lipinski definition) is 8. The SMILES string of the molecule is CN(C[C@H]1CCCO1)c1nc(CN2CCOCC2)nc2scc(-c3cccs3)c12. The predicted molar refractivity (Wildman–Crippen MR) is 119 cm³/mol. The highest BCUT2D eigenvalue weighted by atomic mass is 32.1. The van der Waals surface area contributed by atoms with Gasteiger partial charge in [0.15, 0.2) is 0 Å². The van der Waals surface area contributed by atoms with E-state index in [0.29, 0.717) is 0 Å². The lowest BCUT2D eigenvalue weighted by Gasteiger charge is -2.27. The molecule has 0 aromatic carbocycles. The van der Waals surface area contributed by atoms with Gasteiger partial charge in [-0.3, -0.25) is 4.90 Å². The van der Waals surface area contributed by atoms with E-state index in [9.17, 15) is 0 Å². The Kier molecular flexibility index (Phi) is 5.78. The lowest BCUT2D eigenvalue weighted by Crippen LogP contribution is -2.36. The highest BCUT2D eigenvalue weighted by Crippen LogP contribution is 2.40. The van der Waals surface area contributed by atoms with Crippen molar-refractivity contribution in [3.63, 3.8) is 0 Å². The number of aromatic nitrogens is 2. The molecule has 0 spiro atoms. The number of fused-ring (bicyclic) bond motifs is 1. The molecule has 5 rings (SSSR count). The molecule has 2 fully saturated rings. The van der Waals surface area contributed by atoms with E-state index in [1.165, 1.54) is 15.8 Å². The quantitative estimate of drug-likeness (QED) is 0.592. The molecule has 0 aliphatic carbocycles. The van der Waals surface area contributed by atoms with Gasteiger partial charge in [0, 0.05) is 49.1 Å². The number of likely N-dealkylation sites (N-methyl/N-ethyl adjacent to an activating group) is 1. The van der Waals surface area contributed by atoms with Crippen molar-refractivity contribution in [2.45, 2.75) is 25.5 Å². The molecule has 3 aromatic heterocycles. The zero-order valence-electron chi connectivity index (χ0n) is 16.7. The number of ether oxygens (including phenoxy) is 2. The fraction of sp³-hybridized carbons (Fsp3) is 0.524. The summed E-state index contributed by atoms with van der Waals surface area (Å²) in [5, 5.41) is 5.53. The molecule has 2 saturated heterocycles. The highest BCUT2D eigenvalue weighted by molar-refractivity contribution is 7.18. The van der Waals surface area contributed by atoms with Crippen molar-refractivity contribution < 1.29 is 9.47 Å². The average Bonchev–Trinajstić information content (AvgIpc) is 3.49. The minimum Gasteiger partial charge on any atom is -0.379 e. The Morgan fingerprint density at radius 3 is 2.86 bits per heavy atom. The van der Waals surface area contributed by atoms with E-state index in [4.69, 9.17) is 19.4 Å². The third-order valence-corrected chi connectivity index (χ3v) is 7.35. The number of nitrogens with zero attached hydrogens (tertiary/aromatic N) is 4. The lowest BCUT2D eigenvalue weighted by atomic mass is 10.1. The second-order valence-corrected chi connectivity index (χ2v) is 9.48. The minimum absolute atomic E-state index is 0.288. The van der Waals surface area contributed by atoms with E-state index >= 15 is 0 Å². The summed E-state index contributed by atoms with van der Waals surface area (Å²) in [7, 11) is 2.14. The molecule has 1 atom stereocenters. The molecule has 6 nitrogen and oxygen atoms in total. The zero-order chi connectivity index (χ0) is 19.6. The number of rotatable bonds is 6. The summed E-state index contributed by atoms with van der Waals surface area (Å²) in [5.41, 5.74) is 1.24. The van der Waals surface area contributed by atoms with Crippen LogP contribution in [0.2, 0.25) is 0 Å². The molecule has 29 heavy (non-hydrogen) atoms. The molecule has 8 heteroatoms. The van der Waals surface area contributed by atoms with Gasteiger partial charge in [0.1, 0.15) is 16.5 Å². The van der Waals surface area contributed by atoms with Gasteiger partial charge in [-0.1, -0.05) is 6.07 Å². The third-order valence-electron chi connectivity index (χ3n) is 5.58. The summed E-state index contributed by atoms with van der Waals surface area (Å²) in [6.07, 6.45) is 2.57. The van der Waals surface area contributed by atoms with Crippen molar-refractivity contribution in [3.8, 4) is 10.4 Å². The molecule has 2 aliphatic rings. The van der Waals surface area contributed by atoms with Crippen LogP contribution >= 0.6 is 22.7 Å². The summed E-state index contributed by atoms with van der Waals surface area (Å²) in [6, 6.07) is 4.28. The summed E-state index contributed by atoms with van der Waals surface area (Å²) < 4.78 is 11.4. The van der Waals surface area contributed by atoms with Crippen molar-refractivity contribution in [1.29, 1.82) is 0 Å². The Morgan fingerprint density at radius 2 is 2.10 bits per heavy atom. The van der Waals surface area contributed by atoms with Gasteiger partial charge in [-0.25, -0.2) is 9.97 Å². The highest BCUT2D eigenvalue weighted by Gasteiger charge is 2.23. The topological polar surface area (TPSA) is 50.7 Å². The Bertz CT molecular complexity index is 947. The standard InChI is InChI=1S/C21H26N4O2S2/c1-24(12-15-4-2-8-27-15)20-19-16(17-5-3-11-28-17)14-29-21(19)23-18(22-20)13-25-6-9-26-10-7-25/h3,5,11,14-15H,2,4,6-10,12-13H2,1H3/t15-/m1/s1. The smallest absolute Gasteiger partial charge is 0.146 e. The van der Waals surface area contributed by atoms with Gasteiger partial charge in [-0.05, 0) is 24.3 Å². The molecule has 0 radical (unpaired) electrons. The van der Waals surface area contributed by atoms with Crippen LogP contribution in [-0.4, -0.2) is 67.5 Å². The maximum atomic E-state index is 5.89. The first-order valence-corrected chi connectivity index (χ1v) is 12.0. The maximum absolute atomic E-state index is 5.89. The van der Waals surface area contributed by atoms with Gasteiger partial charge < -0.3 is 14.4 Å². The molecular formula is C21H26N4O2S2. The second kappa shape index (κ2) is 8.65. The van der Waals surface area contributed by atoms with Crippen LogP contribution in [0.1, 0.15) is 18.7 Å². The largest absolute Gasteiger partial charge is 0.379 e. The van der Waals surface area contributed by atoms with Crippen LogP contribution in [0.25, 0.3) is 20.7 Å². The van der Waals surface area contributed by atoms with Gasteiger partial charge >= 0.3 is 0 Å². The minimum atomic E-state index is 0.288. The molecule has 0 N–H and O–H groups in total. The zero-order valence-corrected chi connectivity index (χ0v) is 18.3. The molecule has 5 heterocycles. The van der Waals surface area contributed by atoms with Crippen LogP contribution in [0.5, 0.6) is 0 Å². The molecule has 0 bridgehead atoms. The molecule has 0 unspecified atom stereocenters. The molecule has 0 amide bonds. The fourth-order valence-corrected chi connectivity index (χ4v) is 5.84. The third kappa shape index (κ3) is 4.18. The van der Waals surface area contributed by atoms with Crippen molar-refractivity contribution >= 4 is 38.7 Å². The molecule has 0 saturated carbocycles. The van der Waals surface area contributed by atoms with Crippen molar-refractivity contribution in [2.24, 2.45) is 0 Å². The normalized spacial score (nSPS) is 20.5. The number of hydrogen-bond donors (Lipinski definition) is 0. The van der Waals surface area contributed by atoms with Crippen LogP contribution in [0.4, 0.5) is 5.82 Å². The maximum Gasteiger partial charge on any atom is 0.146 e. The van der Waals surface area contributed by atoms with Crippen molar-refractivity contribution in [2.75, 3.05) is 51.4 Å². The Hall–Kier alpha value is -1.58. The van der Waals surface area contributed by atoms with Crippen LogP contribution < -0.4 is 4.90 Å². The first kappa shape index (κ1) is 19.4. The van der Waals surface area contributed by atoms with E-state index < -0.39 is 0 Å². The van der Waals surface area contributed by atoms with Crippen LogP contribution in [0.15, 0.2) is 22.9 Å². The summed E-state index contributed by atoms with van der Waals surface area (Å²) in [4.78, 5) is 17.0. The van der Waals surface area contributed by atoms with E-state index in [2.05, 4.69) is 39.7 Å². The lowest BCUT2D eigenvalue weighted by molar-refractivity contribution is 0.0331. The Morgan fingerprint density at radius 1 is 1.21 bits per heavy atom. The van der Waals surface area contributed by atoms with Crippen molar-refractivity contribution in [1.82, 2.24) is 14.9 Å². The second-order valence-electron chi connectivity index (χ2n) is 7.67. The first-order chi connectivity index (χ1) is 14.3. The first-order valence-electron chi connectivity index (χ1n) is 10.2. The van der Waals surface area contributed by atoms with Crippen LogP contribution in [-0.2, 0) is 16.0 Å². The molecule has 3 aromatic rings. The van der Waals surface area contributed by atoms with Crippen molar-refractivity contribution in [3.05, 3.63) is 28.7 Å². The monoisotopic (exact) mass is 430 g/mol. The molecule has 154 valence electrons. The van der Waals surface area contributed by atoms with E-state index in [0.717, 1.165) is 75.3 Å². The molecule has 2 aliphatic heterocycles. The average molecular weight is 431 g/mol.